The van der Waals surface area contributed by atoms with Crippen LogP contribution in [0.15, 0.2) is 18.2 Å². The fourth-order valence-electron chi connectivity index (χ4n) is 2.89. The number of aromatic nitrogens is 1. The van der Waals surface area contributed by atoms with Crippen LogP contribution in [0, 0.1) is 5.92 Å². The van der Waals surface area contributed by atoms with Gasteiger partial charge in [0.1, 0.15) is 17.2 Å². The molecule has 6 heteroatoms. The number of carbonyl (C=O) groups excluding carboxylic acids is 1. The van der Waals surface area contributed by atoms with E-state index in [2.05, 4.69) is 6.92 Å². The molecule has 0 spiro atoms. The molecule has 0 saturated carbocycles. The van der Waals surface area contributed by atoms with E-state index in [-0.39, 0.29) is 0 Å². The Balaban J connectivity index is 2.42. The van der Waals surface area contributed by atoms with E-state index in [1.54, 1.807) is 24.8 Å². The molecule has 6 nitrogen and oxygen atoms in total. The molecule has 0 aliphatic carbocycles. The van der Waals surface area contributed by atoms with E-state index in [0.717, 1.165) is 23.7 Å². The van der Waals surface area contributed by atoms with Gasteiger partial charge in [-0.3, -0.25) is 0 Å². The summed E-state index contributed by atoms with van der Waals surface area (Å²) in [5.74, 6) is 1.31. The van der Waals surface area contributed by atoms with Crippen molar-refractivity contribution < 1.29 is 19.0 Å². The largest absolute Gasteiger partial charge is 0.495 e. The summed E-state index contributed by atoms with van der Waals surface area (Å²) >= 11 is 0. The molecule has 24 heavy (non-hydrogen) atoms. The second kappa shape index (κ2) is 8.06. The van der Waals surface area contributed by atoms with Gasteiger partial charge in [0.2, 0.25) is 0 Å². The lowest BCUT2D eigenvalue weighted by atomic mass is 10.1. The van der Waals surface area contributed by atoms with E-state index in [9.17, 15) is 4.79 Å². The first-order valence-electron chi connectivity index (χ1n) is 8.14. The molecule has 1 heterocycles. The lowest BCUT2D eigenvalue weighted by Gasteiger charge is -2.16. The fraction of sp³-hybridized carbons (Fsp3) is 0.500. The standard InChI is InChI=1S/C18H26N2O4/c1-5-6-12(10-19)11-24-15-7-8-16(22-3)17-13(15)9-14(20(17)2)18(21)23-4/h7-9,12H,5-6,10-11,19H2,1-4H3. The van der Waals surface area contributed by atoms with Crippen LogP contribution in [0.4, 0.5) is 0 Å². The highest BCUT2D eigenvalue weighted by Crippen LogP contribution is 2.35. The third-order valence-electron chi connectivity index (χ3n) is 4.24. The van der Waals surface area contributed by atoms with Crippen molar-refractivity contribution in [2.75, 3.05) is 27.4 Å². The van der Waals surface area contributed by atoms with Gasteiger partial charge in [-0.1, -0.05) is 13.3 Å². The maximum Gasteiger partial charge on any atom is 0.354 e. The smallest absolute Gasteiger partial charge is 0.354 e. The fourth-order valence-corrected chi connectivity index (χ4v) is 2.89. The van der Waals surface area contributed by atoms with E-state index < -0.39 is 5.97 Å². The van der Waals surface area contributed by atoms with E-state index in [0.29, 0.717) is 36.3 Å². The third-order valence-corrected chi connectivity index (χ3v) is 4.24. The maximum atomic E-state index is 12.0. The lowest BCUT2D eigenvalue weighted by molar-refractivity contribution is 0.0590. The minimum absolute atomic E-state index is 0.316. The molecule has 0 saturated heterocycles. The summed E-state index contributed by atoms with van der Waals surface area (Å²) < 4.78 is 18.0. The zero-order valence-electron chi connectivity index (χ0n) is 14.8. The minimum Gasteiger partial charge on any atom is -0.495 e. The van der Waals surface area contributed by atoms with Gasteiger partial charge >= 0.3 is 5.97 Å². The maximum absolute atomic E-state index is 12.0. The monoisotopic (exact) mass is 334 g/mol. The molecule has 2 aromatic rings. The van der Waals surface area contributed by atoms with Crippen molar-refractivity contribution >= 4 is 16.9 Å². The van der Waals surface area contributed by atoms with Crippen LogP contribution >= 0.6 is 0 Å². The number of rotatable bonds is 8. The Morgan fingerprint density at radius 1 is 1.29 bits per heavy atom. The van der Waals surface area contributed by atoms with Crippen LogP contribution in [-0.2, 0) is 11.8 Å². The number of hydrogen-bond donors (Lipinski definition) is 1. The van der Waals surface area contributed by atoms with Crippen molar-refractivity contribution in [2.45, 2.75) is 19.8 Å². The number of aryl methyl sites for hydroxylation is 1. The van der Waals surface area contributed by atoms with Gasteiger partial charge in [0.05, 0.1) is 26.3 Å². The van der Waals surface area contributed by atoms with E-state index in [1.807, 2.05) is 12.1 Å². The molecule has 0 aliphatic heterocycles. The highest BCUT2D eigenvalue weighted by molar-refractivity contribution is 6.00. The van der Waals surface area contributed by atoms with Crippen molar-refractivity contribution in [3.63, 3.8) is 0 Å². The second-order valence-corrected chi connectivity index (χ2v) is 5.81. The number of methoxy groups -OCH3 is 2. The molecule has 1 aromatic carbocycles. The summed E-state index contributed by atoms with van der Waals surface area (Å²) in [6.45, 7) is 3.28. The van der Waals surface area contributed by atoms with Gasteiger partial charge < -0.3 is 24.5 Å². The molecular weight excluding hydrogens is 308 g/mol. The Labute approximate surface area is 142 Å². The van der Waals surface area contributed by atoms with Crippen LogP contribution in [0.5, 0.6) is 11.5 Å². The molecule has 0 amide bonds. The van der Waals surface area contributed by atoms with Crippen LogP contribution < -0.4 is 15.2 Å². The first kappa shape index (κ1) is 18.1. The first-order valence-corrected chi connectivity index (χ1v) is 8.14. The highest BCUT2D eigenvalue weighted by Gasteiger charge is 2.20. The topological polar surface area (TPSA) is 75.7 Å². The number of nitrogens with two attached hydrogens (primary N) is 1. The van der Waals surface area contributed by atoms with Gasteiger partial charge in [-0.2, -0.15) is 0 Å². The Hall–Kier alpha value is -2.21. The van der Waals surface area contributed by atoms with Crippen LogP contribution in [0.1, 0.15) is 30.3 Å². The predicted octanol–water partition coefficient (Wildman–Crippen LogP) is 2.73. The molecule has 0 bridgehead atoms. The molecule has 0 radical (unpaired) electrons. The molecule has 0 aliphatic rings. The first-order chi connectivity index (χ1) is 11.6. The highest BCUT2D eigenvalue weighted by atomic mass is 16.5. The SMILES string of the molecule is CCCC(CN)COc1ccc(OC)c2c1cc(C(=O)OC)n2C. The number of ether oxygens (including phenoxy) is 3. The molecular formula is C18H26N2O4. The average Bonchev–Trinajstić information content (AvgIpc) is 2.95. The van der Waals surface area contributed by atoms with Gasteiger partial charge in [-0.15, -0.1) is 0 Å². The van der Waals surface area contributed by atoms with Crippen molar-refractivity contribution in [1.29, 1.82) is 0 Å². The molecule has 0 fully saturated rings. The van der Waals surface area contributed by atoms with Gasteiger partial charge in [0, 0.05) is 18.4 Å². The Kier molecular flexibility index (Phi) is 6.09. The van der Waals surface area contributed by atoms with Crippen molar-refractivity contribution in [2.24, 2.45) is 18.7 Å². The van der Waals surface area contributed by atoms with Crippen LogP contribution in [-0.4, -0.2) is 37.9 Å². The van der Waals surface area contributed by atoms with Gasteiger partial charge in [0.15, 0.2) is 0 Å². The Morgan fingerprint density at radius 3 is 2.58 bits per heavy atom. The number of fused-ring (bicyclic) bond motifs is 1. The second-order valence-electron chi connectivity index (χ2n) is 5.81. The summed E-state index contributed by atoms with van der Waals surface area (Å²) in [6.07, 6.45) is 2.10. The molecule has 132 valence electrons. The number of hydrogen-bond acceptors (Lipinski definition) is 5. The van der Waals surface area contributed by atoms with Crippen molar-refractivity contribution in [3.8, 4) is 11.5 Å². The Morgan fingerprint density at radius 2 is 2.00 bits per heavy atom. The van der Waals surface area contributed by atoms with Gasteiger partial charge in [0.25, 0.3) is 0 Å². The summed E-state index contributed by atoms with van der Waals surface area (Å²) in [7, 11) is 4.78. The van der Waals surface area contributed by atoms with Gasteiger partial charge in [-0.25, -0.2) is 4.79 Å². The molecule has 1 unspecified atom stereocenters. The van der Waals surface area contributed by atoms with Crippen LogP contribution in [0.25, 0.3) is 10.9 Å². The predicted molar refractivity (Wildman–Crippen MR) is 93.8 cm³/mol. The average molecular weight is 334 g/mol. The number of carbonyl (C=O) groups is 1. The summed E-state index contributed by atoms with van der Waals surface area (Å²) in [5, 5.41) is 0.824. The van der Waals surface area contributed by atoms with Crippen LogP contribution in [0.3, 0.4) is 0 Å². The van der Waals surface area contributed by atoms with Crippen LogP contribution in [0.2, 0.25) is 0 Å². The number of esters is 1. The summed E-state index contributed by atoms with van der Waals surface area (Å²) in [5.41, 5.74) is 7.05. The molecule has 2 N–H and O–H groups in total. The third kappa shape index (κ3) is 3.48. The molecule has 2 rings (SSSR count). The Bertz CT molecular complexity index is 709. The molecule has 1 atom stereocenters. The summed E-state index contributed by atoms with van der Waals surface area (Å²) in [6, 6.07) is 5.48. The number of nitrogens with zero attached hydrogens (tertiary/aromatic N) is 1. The van der Waals surface area contributed by atoms with E-state index in [1.165, 1.54) is 7.11 Å². The zero-order valence-corrected chi connectivity index (χ0v) is 14.8. The number of benzene rings is 1. The van der Waals surface area contributed by atoms with Gasteiger partial charge in [-0.05, 0) is 31.2 Å². The van der Waals surface area contributed by atoms with Crippen molar-refractivity contribution in [1.82, 2.24) is 4.57 Å². The summed E-state index contributed by atoms with van der Waals surface area (Å²) in [4.78, 5) is 12.0. The normalized spacial score (nSPS) is 12.2. The quantitative estimate of drug-likeness (QED) is 0.751. The minimum atomic E-state index is -0.396. The zero-order chi connectivity index (χ0) is 17.7. The van der Waals surface area contributed by atoms with E-state index in [4.69, 9.17) is 19.9 Å². The lowest BCUT2D eigenvalue weighted by Crippen LogP contribution is -2.21. The van der Waals surface area contributed by atoms with E-state index >= 15 is 0 Å². The molecule has 1 aromatic heterocycles. The van der Waals surface area contributed by atoms with Crippen molar-refractivity contribution in [3.05, 3.63) is 23.9 Å².